The number of rotatable bonds is 6. The Bertz CT molecular complexity index is 1250. The topological polar surface area (TPSA) is 78.3 Å². The number of ether oxygens (including phenoxy) is 1. The van der Waals surface area contributed by atoms with Crippen LogP contribution >= 0.6 is 0 Å². The summed E-state index contributed by atoms with van der Waals surface area (Å²) in [6, 6.07) is 12.9. The van der Waals surface area contributed by atoms with Crippen LogP contribution in [-0.2, 0) is 32.1 Å². The van der Waals surface area contributed by atoms with Gasteiger partial charge in [0.15, 0.2) is 15.5 Å². The number of carbonyl (C=O) groups excluding carboxylic acids is 1. The van der Waals surface area contributed by atoms with Crippen LogP contribution in [0.1, 0.15) is 18.2 Å². The standard InChI is InChI=1S/C22H21F3N2O4S/c1-4-31-19(28)13-27-20(14(2)21(26-27)22(23,24)25)16-10-8-15(9-11-16)17-6-5-7-18(12-17)32(3,29)30/h5-12H,4,13H2,1-3H3. The van der Waals surface area contributed by atoms with Crippen LogP contribution in [0, 0.1) is 6.92 Å². The summed E-state index contributed by atoms with van der Waals surface area (Å²) >= 11 is 0. The fourth-order valence-corrected chi connectivity index (χ4v) is 4.02. The summed E-state index contributed by atoms with van der Waals surface area (Å²) in [5.41, 5.74) is 0.742. The Morgan fingerprint density at radius 2 is 1.69 bits per heavy atom. The molecular weight excluding hydrogens is 445 g/mol. The molecule has 6 nitrogen and oxygen atoms in total. The molecule has 0 aliphatic heterocycles. The third-order valence-electron chi connectivity index (χ3n) is 4.80. The quantitative estimate of drug-likeness (QED) is 0.500. The first-order chi connectivity index (χ1) is 14.9. The highest BCUT2D eigenvalue weighted by molar-refractivity contribution is 7.90. The molecule has 32 heavy (non-hydrogen) atoms. The highest BCUT2D eigenvalue weighted by atomic mass is 32.2. The van der Waals surface area contributed by atoms with Crippen LogP contribution in [0.4, 0.5) is 13.2 Å². The number of hydrogen-bond donors (Lipinski definition) is 0. The second-order valence-corrected chi connectivity index (χ2v) is 9.18. The monoisotopic (exact) mass is 466 g/mol. The van der Waals surface area contributed by atoms with Crippen molar-refractivity contribution in [2.24, 2.45) is 0 Å². The predicted molar refractivity (Wildman–Crippen MR) is 113 cm³/mol. The van der Waals surface area contributed by atoms with Crippen molar-refractivity contribution in [1.82, 2.24) is 9.78 Å². The van der Waals surface area contributed by atoms with E-state index in [1.54, 1.807) is 43.3 Å². The molecule has 0 amide bonds. The van der Waals surface area contributed by atoms with E-state index in [0.29, 0.717) is 16.7 Å². The van der Waals surface area contributed by atoms with Crippen molar-refractivity contribution in [2.45, 2.75) is 31.5 Å². The number of carbonyl (C=O) groups is 1. The zero-order chi connectivity index (χ0) is 23.7. The van der Waals surface area contributed by atoms with Crippen LogP contribution in [0.2, 0.25) is 0 Å². The molecule has 3 rings (SSSR count). The second-order valence-electron chi connectivity index (χ2n) is 7.16. The van der Waals surface area contributed by atoms with Gasteiger partial charge in [0.05, 0.1) is 17.2 Å². The first kappa shape index (κ1) is 23.5. The van der Waals surface area contributed by atoms with Crippen molar-refractivity contribution < 1.29 is 31.1 Å². The molecule has 0 atom stereocenters. The molecule has 1 aromatic heterocycles. The van der Waals surface area contributed by atoms with Crippen LogP contribution in [0.5, 0.6) is 0 Å². The molecule has 0 bridgehead atoms. The van der Waals surface area contributed by atoms with E-state index in [0.717, 1.165) is 10.9 Å². The minimum Gasteiger partial charge on any atom is -0.465 e. The Kier molecular flexibility index (Phi) is 6.45. The number of sulfone groups is 1. The van der Waals surface area contributed by atoms with Gasteiger partial charge in [-0.15, -0.1) is 0 Å². The fraction of sp³-hybridized carbons (Fsp3) is 0.273. The molecular formula is C22H21F3N2O4S. The smallest absolute Gasteiger partial charge is 0.435 e. The van der Waals surface area contributed by atoms with Crippen molar-refractivity contribution >= 4 is 15.8 Å². The Morgan fingerprint density at radius 1 is 1.06 bits per heavy atom. The van der Waals surface area contributed by atoms with Gasteiger partial charge in [-0.3, -0.25) is 9.48 Å². The lowest BCUT2D eigenvalue weighted by Crippen LogP contribution is -2.16. The highest BCUT2D eigenvalue weighted by Gasteiger charge is 2.38. The maximum absolute atomic E-state index is 13.4. The molecule has 0 aliphatic carbocycles. The van der Waals surface area contributed by atoms with Crippen LogP contribution in [-0.4, -0.2) is 37.0 Å². The lowest BCUT2D eigenvalue weighted by atomic mass is 10.0. The van der Waals surface area contributed by atoms with Crippen molar-refractivity contribution in [2.75, 3.05) is 12.9 Å². The second kappa shape index (κ2) is 8.78. The Balaban J connectivity index is 2.05. The average molecular weight is 466 g/mol. The van der Waals surface area contributed by atoms with Crippen molar-refractivity contribution in [1.29, 1.82) is 0 Å². The van der Waals surface area contributed by atoms with Gasteiger partial charge in [0.25, 0.3) is 0 Å². The van der Waals surface area contributed by atoms with Gasteiger partial charge >= 0.3 is 12.1 Å². The van der Waals surface area contributed by atoms with Gasteiger partial charge in [-0.1, -0.05) is 36.4 Å². The summed E-state index contributed by atoms with van der Waals surface area (Å²) in [6.07, 6.45) is -3.56. The Labute approximate surface area is 183 Å². The molecule has 0 N–H and O–H groups in total. The number of nitrogens with zero attached hydrogens (tertiary/aromatic N) is 2. The molecule has 170 valence electrons. The summed E-state index contributed by atoms with van der Waals surface area (Å²) < 4.78 is 69.7. The number of halogens is 3. The highest BCUT2D eigenvalue weighted by Crippen LogP contribution is 2.36. The van der Waals surface area contributed by atoms with Crippen molar-refractivity contribution in [3.63, 3.8) is 0 Å². The van der Waals surface area contributed by atoms with E-state index in [1.165, 1.54) is 19.1 Å². The zero-order valence-corrected chi connectivity index (χ0v) is 18.4. The lowest BCUT2D eigenvalue weighted by Gasteiger charge is -2.10. The summed E-state index contributed by atoms with van der Waals surface area (Å²) in [4.78, 5) is 12.1. The van der Waals surface area contributed by atoms with E-state index in [-0.39, 0.29) is 22.8 Å². The predicted octanol–water partition coefficient (Wildman–Crippen LogP) is 4.51. The lowest BCUT2D eigenvalue weighted by molar-refractivity contribution is -0.146. The van der Waals surface area contributed by atoms with Crippen molar-refractivity contribution in [3.8, 4) is 22.4 Å². The summed E-state index contributed by atoms with van der Waals surface area (Å²) in [6.45, 7) is 2.54. The van der Waals surface area contributed by atoms with Gasteiger partial charge in [-0.2, -0.15) is 18.3 Å². The Hall–Kier alpha value is -3.14. The summed E-state index contributed by atoms with van der Waals surface area (Å²) in [7, 11) is -3.39. The van der Waals surface area contributed by atoms with Gasteiger partial charge < -0.3 is 4.74 Å². The van der Waals surface area contributed by atoms with E-state index < -0.39 is 34.2 Å². The molecule has 0 spiro atoms. The van der Waals surface area contributed by atoms with Crippen LogP contribution in [0.25, 0.3) is 22.4 Å². The molecule has 0 radical (unpaired) electrons. The minimum absolute atomic E-state index is 0.0990. The van der Waals surface area contributed by atoms with Gasteiger partial charge in [0.1, 0.15) is 6.54 Å². The molecule has 0 aliphatic rings. The summed E-state index contributed by atoms with van der Waals surface area (Å²) in [5, 5.41) is 3.62. The third kappa shape index (κ3) is 5.01. The van der Waals surface area contributed by atoms with Gasteiger partial charge in [0.2, 0.25) is 0 Å². The number of esters is 1. The zero-order valence-electron chi connectivity index (χ0n) is 17.6. The number of aromatic nitrogens is 2. The maximum atomic E-state index is 13.4. The molecule has 0 saturated heterocycles. The van der Waals surface area contributed by atoms with Gasteiger partial charge in [0, 0.05) is 17.4 Å². The molecule has 2 aromatic carbocycles. The van der Waals surface area contributed by atoms with E-state index in [1.807, 2.05) is 0 Å². The molecule has 0 fully saturated rings. The van der Waals surface area contributed by atoms with E-state index in [2.05, 4.69) is 5.10 Å². The largest absolute Gasteiger partial charge is 0.465 e. The van der Waals surface area contributed by atoms with E-state index >= 15 is 0 Å². The Morgan fingerprint density at radius 3 is 2.25 bits per heavy atom. The number of benzene rings is 2. The van der Waals surface area contributed by atoms with Crippen LogP contribution in [0.3, 0.4) is 0 Å². The maximum Gasteiger partial charge on any atom is 0.435 e. The average Bonchev–Trinajstić information content (AvgIpc) is 3.04. The molecule has 0 saturated carbocycles. The molecule has 1 heterocycles. The van der Waals surface area contributed by atoms with Gasteiger partial charge in [-0.05, 0) is 37.1 Å². The SMILES string of the molecule is CCOC(=O)Cn1nc(C(F)(F)F)c(C)c1-c1ccc(-c2cccc(S(C)(=O)=O)c2)cc1. The van der Waals surface area contributed by atoms with Gasteiger partial charge in [-0.25, -0.2) is 8.42 Å². The molecule has 0 unspecified atom stereocenters. The molecule has 3 aromatic rings. The number of hydrogen-bond acceptors (Lipinski definition) is 5. The van der Waals surface area contributed by atoms with E-state index in [9.17, 15) is 26.4 Å². The third-order valence-corrected chi connectivity index (χ3v) is 5.91. The summed E-state index contributed by atoms with van der Waals surface area (Å²) in [5.74, 6) is -0.695. The molecule has 10 heteroatoms. The van der Waals surface area contributed by atoms with E-state index in [4.69, 9.17) is 4.74 Å². The van der Waals surface area contributed by atoms with Crippen molar-refractivity contribution in [3.05, 3.63) is 59.8 Å². The minimum atomic E-state index is -4.68. The van der Waals surface area contributed by atoms with Crippen LogP contribution < -0.4 is 0 Å². The first-order valence-corrected chi connectivity index (χ1v) is 11.5. The van der Waals surface area contributed by atoms with Crippen LogP contribution in [0.15, 0.2) is 53.4 Å². The normalized spacial score (nSPS) is 12.1. The number of alkyl halides is 3. The first-order valence-electron chi connectivity index (χ1n) is 9.63. The fourth-order valence-electron chi connectivity index (χ4n) is 3.36.